The fourth-order valence-electron chi connectivity index (χ4n) is 3.98. The lowest BCUT2D eigenvalue weighted by Crippen LogP contribution is -2.36. The molecule has 0 aromatic heterocycles. The molecule has 10 nitrogen and oxygen atoms in total. The molecule has 1 aromatic carbocycles. The Balaban J connectivity index is 2.00. The van der Waals surface area contributed by atoms with Crippen LogP contribution >= 0.6 is 0 Å². The molecule has 0 spiro atoms. The van der Waals surface area contributed by atoms with E-state index in [4.69, 9.17) is 29.4 Å². The van der Waals surface area contributed by atoms with Gasteiger partial charge in [0.2, 0.25) is 0 Å². The van der Waals surface area contributed by atoms with Gasteiger partial charge in [-0.3, -0.25) is 14.4 Å². The topological polar surface area (TPSA) is 140 Å². The molecule has 0 radical (unpaired) electrons. The number of carbonyl (C=O) groups is 4. The van der Waals surface area contributed by atoms with Crippen molar-refractivity contribution in [2.24, 2.45) is 29.4 Å². The molecule has 2 unspecified atom stereocenters. The van der Waals surface area contributed by atoms with E-state index in [2.05, 4.69) is 0 Å². The van der Waals surface area contributed by atoms with Gasteiger partial charge in [-0.25, -0.2) is 4.79 Å². The zero-order chi connectivity index (χ0) is 30.7. The van der Waals surface area contributed by atoms with Crippen LogP contribution in [0.2, 0.25) is 0 Å². The van der Waals surface area contributed by atoms with Crippen molar-refractivity contribution in [3.05, 3.63) is 23.8 Å². The highest BCUT2D eigenvalue weighted by atomic mass is 16.7. The van der Waals surface area contributed by atoms with E-state index in [9.17, 15) is 19.2 Å². The fraction of sp³-hybridized carbons (Fsp3) is 0.677. The van der Waals surface area contributed by atoms with Crippen LogP contribution in [0.25, 0.3) is 0 Å². The maximum absolute atomic E-state index is 12.7. The summed E-state index contributed by atoms with van der Waals surface area (Å²) in [7, 11) is 0. The number of benzene rings is 1. The summed E-state index contributed by atoms with van der Waals surface area (Å²) in [6, 6.07) is 3.66. The summed E-state index contributed by atoms with van der Waals surface area (Å²) in [6.07, 6.45) is 3.28. The van der Waals surface area contributed by atoms with Crippen molar-refractivity contribution in [1.29, 1.82) is 0 Å². The van der Waals surface area contributed by atoms with Crippen LogP contribution in [0.15, 0.2) is 18.2 Å². The maximum atomic E-state index is 12.7. The lowest BCUT2D eigenvalue weighted by Gasteiger charge is -2.22. The Morgan fingerprint density at radius 3 is 1.93 bits per heavy atom. The quantitative estimate of drug-likeness (QED) is 0.240. The Labute approximate surface area is 243 Å². The van der Waals surface area contributed by atoms with E-state index >= 15 is 0 Å². The summed E-state index contributed by atoms with van der Waals surface area (Å²) in [5.74, 6) is -2.06. The number of rotatable bonds is 13. The van der Waals surface area contributed by atoms with Gasteiger partial charge in [-0.15, -0.1) is 0 Å². The smallest absolute Gasteiger partial charge is 0.461 e. The molecular formula is C31H47NO9. The maximum Gasteiger partial charge on any atom is 0.508 e. The molecule has 41 heavy (non-hydrogen) atoms. The summed E-state index contributed by atoms with van der Waals surface area (Å²) >= 11 is 0. The second-order valence-electron chi connectivity index (χ2n) is 11.7. The largest absolute Gasteiger partial charge is 0.508 e. The van der Waals surface area contributed by atoms with Gasteiger partial charge >= 0.3 is 24.1 Å². The van der Waals surface area contributed by atoms with Crippen molar-refractivity contribution in [2.45, 2.75) is 105 Å². The lowest BCUT2D eigenvalue weighted by atomic mass is 9.98. The van der Waals surface area contributed by atoms with Crippen LogP contribution in [0.1, 0.15) is 86.1 Å². The number of hydrogen-bond acceptors (Lipinski definition) is 10. The van der Waals surface area contributed by atoms with Gasteiger partial charge in [0.05, 0.1) is 11.8 Å². The van der Waals surface area contributed by atoms with E-state index < -0.39 is 42.1 Å². The standard InChI is InChI=1S/C31H47NO9/c1-18(2)21(6)28(33)40-26-14-13-23(16-27(26)41-29(34)22(7)19(3)4)15-25(32)30(35)37-17-20(5)38-31(36)39-24-11-9-8-10-12-24/h13-14,16,18-22,24-25H,8-12,15,17,32H2,1-7H3/t20-,21?,22?,25-/m0/s1. The monoisotopic (exact) mass is 577 g/mol. The Hall–Kier alpha value is -3.14. The molecule has 1 aliphatic carbocycles. The molecule has 10 heteroatoms. The number of nitrogens with two attached hydrogens (primary N) is 1. The first-order chi connectivity index (χ1) is 19.3. The molecule has 0 heterocycles. The van der Waals surface area contributed by atoms with Crippen LogP contribution in [-0.4, -0.2) is 48.9 Å². The molecule has 4 atom stereocenters. The zero-order valence-electron chi connectivity index (χ0n) is 25.5. The highest BCUT2D eigenvalue weighted by molar-refractivity contribution is 5.79. The van der Waals surface area contributed by atoms with Crippen LogP contribution in [0.4, 0.5) is 4.79 Å². The molecule has 0 amide bonds. The Morgan fingerprint density at radius 1 is 0.805 bits per heavy atom. The highest BCUT2D eigenvalue weighted by Crippen LogP contribution is 2.31. The van der Waals surface area contributed by atoms with Crippen molar-refractivity contribution >= 4 is 24.1 Å². The van der Waals surface area contributed by atoms with Crippen molar-refractivity contribution in [3.8, 4) is 11.5 Å². The molecule has 1 saturated carbocycles. The third-order valence-electron chi connectivity index (χ3n) is 7.50. The molecule has 1 fully saturated rings. The first-order valence-electron chi connectivity index (χ1n) is 14.6. The molecule has 0 saturated heterocycles. The number of esters is 3. The molecule has 2 N–H and O–H groups in total. The first-order valence-corrected chi connectivity index (χ1v) is 14.6. The highest BCUT2D eigenvalue weighted by Gasteiger charge is 2.26. The SMILES string of the molecule is CC(C)C(C)C(=O)Oc1ccc(C[C@H](N)C(=O)OC[C@H](C)OC(=O)OC2CCCCC2)cc1OC(=O)C(C)C(C)C. The van der Waals surface area contributed by atoms with Crippen LogP contribution in [-0.2, 0) is 35.0 Å². The van der Waals surface area contributed by atoms with E-state index in [1.165, 1.54) is 12.1 Å². The van der Waals surface area contributed by atoms with Gasteiger partial charge in [0.25, 0.3) is 0 Å². The van der Waals surface area contributed by atoms with Crippen LogP contribution < -0.4 is 15.2 Å². The van der Waals surface area contributed by atoms with Gasteiger partial charge in [0.15, 0.2) is 11.5 Å². The Morgan fingerprint density at radius 2 is 1.37 bits per heavy atom. The van der Waals surface area contributed by atoms with E-state index in [1.54, 1.807) is 26.8 Å². The summed E-state index contributed by atoms with van der Waals surface area (Å²) in [5, 5.41) is 0. The fourth-order valence-corrected chi connectivity index (χ4v) is 3.98. The van der Waals surface area contributed by atoms with E-state index in [1.807, 2.05) is 27.7 Å². The minimum Gasteiger partial charge on any atom is -0.461 e. The van der Waals surface area contributed by atoms with Crippen molar-refractivity contribution in [3.63, 3.8) is 0 Å². The summed E-state index contributed by atoms with van der Waals surface area (Å²) in [6.45, 7) is 12.6. The van der Waals surface area contributed by atoms with E-state index in [-0.39, 0.29) is 48.4 Å². The first kappa shape index (κ1) is 34.1. The van der Waals surface area contributed by atoms with Gasteiger partial charge in [0, 0.05) is 0 Å². The van der Waals surface area contributed by atoms with Gasteiger partial charge in [-0.1, -0.05) is 54.0 Å². The molecule has 1 aromatic rings. The van der Waals surface area contributed by atoms with Gasteiger partial charge in [-0.2, -0.15) is 0 Å². The van der Waals surface area contributed by atoms with Crippen molar-refractivity contribution in [2.75, 3.05) is 6.61 Å². The van der Waals surface area contributed by atoms with Crippen LogP contribution in [0.3, 0.4) is 0 Å². The molecule has 1 aliphatic rings. The van der Waals surface area contributed by atoms with E-state index in [0.717, 1.165) is 32.1 Å². The Bertz CT molecular complexity index is 1030. The van der Waals surface area contributed by atoms with E-state index in [0.29, 0.717) is 5.56 Å². The van der Waals surface area contributed by atoms with Gasteiger partial charge < -0.3 is 29.4 Å². The third kappa shape index (κ3) is 11.3. The van der Waals surface area contributed by atoms with Crippen molar-refractivity contribution < 1.29 is 42.9 Å². The predicted octanol–water partition coefficient (Wildman–Crippen LogP) is 5.37. The van der Waals surface area contributed by atoms with Gasteiger partial charge in [0.1, 0.15) is 24.9 Å². The van der Waals surface area contributed by atoms with Crippen LogP contribution in [0, 0.1) is 23.7 Å². The zero-order valence-corrected chi connectivity index (χ0v) is 25.5. The average Bonchev–Trinajstić information content (AvgIpc) is 2.92. The van der Waals surface area contributed by atoms with Crippen LogP contribution in [0.5, 0.6) is 11.5 Å². The lowest BCUT2D eigenvalue weighted by molar-refractivity contribution is -0.148. The molecular weight excluding hydrogens is 530 g/mol. The summed E-state index contributed by atoms with van der Waals surface area (Å²) in [4.78, 5) is 49.9. The van der Waals surface area contributed by atoms with Crippen molar-refractivity contribution in [1.82, 2.24) is 0 Å². The summed E-state index contributed by atoms with van der Waals surface area (Å²) in [5.41, 5.74) is 6.67. The minimum absolute atomic E-state index is 0.0429. The second kappa shape index (κ2) is 16.3. The summed E-state index contributed by atoms with van der Waals surface area (Å²) < 4.78 is 27.0. The third-order valence-corrected chi connectivity index (χ3v) is 7.50. The normalized spacial score (nSPS) is 16.8. The second-order valence-corrected chi connectivity index (χ2v) is 11.7. The number of ether oxygens (including phenoxy) is 5. The predicted molar refractivity (Wildman–Crippen MR) is 152 cm³/mol. The number of carbonyl (C=O) groups excluding carboxylic acids is 4. The average molecular weight is 578 g/mol. The molecule has 0 aliphatic heterocycles. The number of hydrogen-bond donors (Lipinski definition) is 1. The Kier molecular flexibility index (Phi) is 13.6. The molecule has 230 valence electrons. The van der Waals surface area contributed by atoms with Gasteiger partial charge in [-0.05, 0) is 68.6 Å². The molecule has 2 rings (SSSR count). The molecule has 0 bridgehead atoms. The minimum atomic E-state index is -1.04.